The van der Waals surface area contributed by atoms with Gasteiger partial charge in [-0.3, -0.25) is 0 Å². The zero-order valence-corrected chi connectivity index (χ0v) is 19.2. The van der Waals surface area contributed by atoms with Crippen LogP contribution >= 0.6 is 0 Å². The fraction of sp³-hybridized carbons (Fsp3) is 0.565. The van der Waals surface area contributed by atoms with Crippen LogP contribution in [0.5, 0.6) is 0 Å². The Bertz CT molecular complexity index is 687. The highest BCUT2D eigenvalue weighted by Gasteiger charge is 2.58. The molecule has 2 rings (SSSR count). The number of nitrogens with one attached hydrogen (secondary N) is 1. The Morgan fingerprint density at radius 3 is 2.00 bits per heavy atom. The van der Waals surface area contributed by atoms with Gasteiger partial charge in [0.05, 0.1) is 5.04 Å². The number of unbranched alkanes of at least 4 members (excludes halogenated alkanes) is 1. The second-order valence-corrected chi connectivity index (χ2v) is 10.8. The van der Waals surface area contributed by atoms with Crippen LogP contribution in [0.25, 0.3) is 0 Å². The first kappa shape index (κ1) is 21.9. The highest BCUT2D eigenvalue weighted by atomic mass is 28.4. The molecule has 1 aromatic rings. The molecule has 1 aromatic carbocycles. The lowest BCUT2D eigenvalue weighted by molar-refractivity contribution is 0.175. The quantitative estimate of drug-likeness (QED) is 0.464. The topological polar surface area (TPSA) is 30.5 Å². The summed E-state index contributed by atoms with van der Waals surface area (Å²) in [6, 6.07) is 8.79. The predicted molar refractivity (Wildman–Crippen MR) is 118 cm³/mol. The highest BCUT2D eigenvalue weighted by Crippen LogP contribution is 2.53. The Morgan fingerprint density at radius 1 is 0.963 bits per heavy atom. The molecule has 3 nitrogen and oxygen atoms in total. The number of aryl methyl sites for hydroxylation is 1. The predicted octanol–water partition coefficient (Wildman–Crippen LogP) is 6.51. The van der Waals surface area contributed by atoms with Crippen molar-refractivity contribution < 1.29 is 8.85 Å². The summed E-state index contributed by atoms with van der Waals surface area (Å²) in [5.74, 6) is 0. The molecule has 1 aliphatic carbocycles. The first-order valence-electron chi connectivity index (χ1n) is 10.4. The van der Waals surface area contributed by atoms with Gasteiger partial charge in [-0.1, -0.05) is 42.7 Å². The number of anilines is 1. The highest BCUT2D eigenvalue weighted by molar-refractivity contribution is 6.75. The molecule has 0 amide bonds. The van der Waals surface area contributed by atoms with Gasteiger partial charge < -0.3 is 13.8 Å². The number of hydrogen-bond donors (Lipinski definition) is 1. The SMILES string of the molecule is CCCCc1ccc(N[Si](OCC)(OCC)C2(C)C=C(C)C(C)=C2C)cc1. The first-order chi connectivity index (χ1) is 12.8. The Kier molecular flexibility index (Phi) is 7.49. The summed E-state index contributed by atoms with van der Waals surface area (Å²) in [7, 11) is -2.80. The number of benzene rings is 1. The third-order valence-corrected chi connectivity index (χ3v) is 9.79. The van der Waals surface area contributed by atoms with Gasteiger partial charge in [0, 0.05) is 18.9 Å². The van der Waals surface area contributed by atoms with Crippen LogP contribution in [0.2, 0.25) is 5.04 Å². The smallest absolute Gasteiger partial charge is 0.378 e. The normalized spacial score (nSPS) is 20.2. The molecule has 0 radical (unpaired) electrons. The fourth-order valence-electron chi connectivity index (χ4n) is 3.95. The molecule has 0 aliphatic heterocycles. The van der Waals surface area contributed by atoms with Gasteiger partial charge in [0.1, 0.15) is 0 Å². The number of hydrogen-bond acceptors (Lipinski definition) is 3. The molecule has 1 atom stereocenters. The fourth-order valence-corrected chi connectivity index (χ4v) is 7.49. The lowest BCUT2D eigenvalue weighted by atomic mass is 10.0. The molecule has 0 saturated heterocycles. The van der Waals surface area contributed by atoms with Crippen LogP contribution in [0.3, 0.4) is 0 Å². The molecule has 1 unspecified atom stereocenters. The van der Waals surface area contributed by atoms with Crippen molar-refractivity contribution in [2.75, 3.05) is 18.2 Å². The molecule has 0 aromatic heterocycles. The maximum absolute atomic E-state index is 6.45. The summed E-state index contributed by atoms with van der Waals surface area (Å²) in [4.78, 5) is 3.75. The summed E-state index contributed by atoms with van der Waals surface area (Å²) in [6.45, 7) is 16.5. The van der Waals surface area contributed by atoms with Gasteiger partial charge in [0.25, 0.3) is 0 Å². The third-order valence-electron chi connectivity index (χ3n) is 5.90. The van der Waals surface area contributed by atoms with E-state index in [4.69, 9.17) is 8.85 Å². The molecule has 4 heteroatoms. The summed E-state index contributed by atoms with van der Waals surface area (Å²) in [6.07, 6.45) is 5.93. The van der Waals surface area contributed by atoms with Crippen LogP contribution in [-0.2, 0) is 15.3 Å². The lowest BCUT2D eigenvalue weighted by Gasteiger charge is -2.42. The monoisotopic (exact) mass is 387 g/mol. The Hall–Kier alpha value is -1.36. The molecule has 1 N–H and O–H groups in total. The van der Waals surface area contributed by atoms with Crippen molar-refractivity contribution in [1.82, 2.24) is 0 Å². The molecule has 0 bridgehead atoms. The minimum atomic E-state index is -2.80. The zero-order chi connectivity index (χ0) is 20.1. The van der Waals surface area contributed by atoms with Gasteiger partial charge in [0.15, 0.2) is 0 Å². The van der Waals surface area contributed by atoms with E-state index >= 15 is 0 Å². The van der Waals surface area contributed by atoms with Crippen molar-refractivity contribution in [3.8, 4) is 0 Å². The molecule has 0 saturated carbocycles. The third kappa shape index (κ3) is 4.39. The van der Waals surface area contributed by atoms with Gasteiger partial charge in [-0.05, 0) is 77.7 Å². The zero-order valence-electron chi connectivity index (χ0n) is 18.2. The Morgan fingerprint density at radius 2 is 1.56 bits per heavy atom. The van der Waals surface area contributed by atoms with E-state index < -0.39 is 8.72 Å². The van der Waals surface area contributed by atoms with Crippen molar-refractivity contribution >= 4 is 14.4 Å². The minimum absolute atomic E-state index is 0.242. The summed E-state index contributed by atoms with van der Waals surface area (Å²) < 4.78 is 12.9. The lowest BCUT2D eigenvalue weighted by Crippen LogP contribution is -2.59. The van der Waals surface area contributed by atoms with Gasteiger partial charge in [-0.15, -0.1) is 0 Å². The van der Waals surface area contributed by atoms with E-state index in [0.717, 1.165) is 12.1 Å². The summed E-state index contributed by atoms with van der Waals surface area (Å²) in [5.41, 5.74) is 6.49. The number of rotatable bonds is 10. The first-order valence-corrected chi connectivity index (χ1v) is 12.2. The van der Waals surface area contributed by atoms with Crippen molar-refractivity contribution in [2.24, 2.45) is 0 Å². The largest absolute Gasteiger partial charge is 0.471 e. The van der Waals surface area contributed by atoms with Gasteiger partial charge in [-0.25, -0.2) is 0 Å². The summed E-state index contributed by atoms with van der Waals surface area (Å²) >= 11 is 0. The van der Waals surface area contributed by atoms with Crippen LogP contribution in [0.15, 0.2) is 47.1 Å². The van der Waals surface area contributed by atoms with Crippen molar-refractivity contribution in [1.29, 1.82) is 0 Å². The minimum Gasteiger partial charge on any atom is -0.378 e. The van der Waals surface area contributed by atoms with Gasteiger partial charge in [-0.2, -0.15) is 0 Å². The van der Waals surface area contributed by atoms with Crippen LogP contribution in [-0.4, -0.2) is 21.9 Å². The second-order valence-electron chi connectivity index (χ2n) is 7.69. The van der Waals surface area contributed by atoms with E-state index in [1.165, 1.54) is 35.1 Å². The molecule has 150 valence electrons. The van der Waals surface area contributed by atoms with E-state index in [1.807, 2.05) is 0 Å². The van der Waals surface area contributed by atoms with E-state index in [9.17, 15) is 0 Å². The molecule has 0 heterocycles. The maximum Gasteiger partial charge on any atom is 0.471 e. The molecule has 27 heavy (non-hydrogen) atoms. The molecular weight excluding hydrogens is 350 g/mol. The van der Waals surface area contributed by atoms with Crippen molar-refractivity contribution in [3.63, 3.8) is 0 Å². The van der Waals surface area contributed by atoms with Crippen LogP contribution in [0, 0.1) is 0 Å². The average Bonchev–Trinajstić information content (AvgIpc) is 2.85. The average molecular weight is 388 g/mol. The van der Waals surface area contributed by atoms with E-state index in [-0.39, 0.29) is 5.04 Å². The Labute approximate surface area is 167 Å². The summed E-state index contributed by atoms with van der Waals surface area (Å²) in [5, 5.41) is -0.242. The number of allylic oxidation sites excluding steroid dienone is 4. The van der Waals surface area contributed by atoms with E-state index in [2.05, 4.69) is 83.8 Å². The molecular formula is C23H37NO2Si. The molecule has 0 fully saturated rings. The molecule has 1 aliphatic rings. The molecule has 0 spiro atoms. The van der Waals surface area contributed by atoms with Crippen LogP contribution < -0.4 is 4.98 Å². The van der Waals surface area contributed by atoms with Crippen molar-refractivity contribution in [3.05, 3.63) is 52.6 Å². The standard InChI is InChI=1S/C23H37NO2Si/c1-8-11-12-21-13-15-22(16-14-21)24-27(25-9-2,26-10-3)23(7)17-18(4)19(5)20(23)6/h13-17,24H,8-12H2,1-7H3. The van der Waals surface area contributed by atoms with Crippen LogP contribution in [0.1, 0.15) is 66.9 Å². The van der Waals surface area contributed by atoms with Gasteiger partial charge >= 0.3 is 8.72 Å². The van der Waals surface area contributed by atoms with Crippen molar-refractivity contribution in [2.45, 2.75) is 72.8 Å². The maximum atomic E-state index is 6.45. The van der Waals surface area contributed by atoms with E-state index in [0.29, 0.717) is 13.2 Å². The van der Waals surface area contributed by atoms with Crippen LogP contribution in [0.4, 0.5) is 5.69 Å². The second kappa shape index (κ2) is 9.22. The van der Waals surface area contributed by atoms with E-state index in [1.54, 1.807) is 0 Å². The Balaban J connectivity index is 2.40. The van der Waals surface area contributed by atoms with Gasteiger partial charge in [0.2, 0.25) is 0 Å².